The molecule has 3 atom stereocenters. The molecule has 0 bridgehead atoms. The number of unbranched alkanes of at least 4 members (excludes halogenated alkanes) is 1. The summed E-state index contributed by atoms with van der Waals surface area (Å²) in [7, 11) is 0. The number of ether oxygens (including phenoxy) is 1. The van der Waals surface area contributed by atoms with Gasteiger partial charge in [-0.3, -0.25) is 0 Å². The van der Waals surface area contributed by atoms with Crippen molar-refractivity contribution in [3.05, 3.63) is 47.5 Å². The number of benzene rings is 1. The minimum atomic E-state index is -0.188. The molecule has 1 aliphatic rings. The lowest BCUT2D eigenvalue weighted by molar-refractivity contribution is -0.150. The molecule has 0 aromatic heterocycles. The van der Waals surface area contributed by atoms with Crippen LogP contribution in [-0.4, -0.2) is 12.1 Å². The van der Waals surface area contributed by atoms with Gasteiger partial charge in [-0.15, -0.1) is 11.8 Å². The van der Waals surface area contributed by atoms with Crippen molar-refractivity contribution in [1.29, 1.82) is 0 Å². The third-order valence-corrected chi connectivity index (χ3v) is 6.18. The van der Waals surface area contributed by atoms with E-state index in [0.717, 1.165) is 37.7 Å². The molecule has 0 N–H and O–H groups in total. The van der Waals surface area contributed by atoms with Gasteiger partial charge in [0.05, 0.1) is 0 Å². The SMILES string of the molecule is CC#CCCC/C(C)=C/C(=O)O[C@@H]1C[C@H](C)CC[C@H]1C(C)(C)c1ccccc1. The van der Waals surface area contributed by atoms with Crippen LogP contribution in [0.3, 0.4) is 0 Å². The van der Waals surface area contributed by atoms with Crippen LogP contribution in [-0.2, 0) is 14.9 Å². The summed E-state index contributed by atoms with van der Waals surface area (Å²) < 4.78 is 6.04. The van der Waals surface area contributed by atoms with Gasteiger partial charge in [0.25, 0.3) is 0 Å². The molecule has 1 aliphatic carbocycles. The molecule has 1 saturated carbocycles. The Balaban J connectivity index is 2.07. The van der Waals surface area contributed by atoms with Gasteiger partial charge in [-0.05, 0) is 56.4 Å². The van der Waals surface area contributed by atoms with E-state index in [1.807, 2.05) is 13.8 Å². The Kier molecular flexibility index (Phi) is 8.36. The van der Waals surface area contributed by atoms with Crippen LogP contribution in [0, 0.1) is 23.7 Å². The molecule has 0 saturated heterocycles. The number of carbonyl (C=O) groups excluding carboxylic acids is 1. The number of rotatable bonds is 7. The highest BCUT2D eigenvalue weighted by atomic mass is 16.5. The largest absolute Gasteiger partial charge is 0.459 e. The van der Waals surface area contributed by atoms with Crippen molar-refractivity contribution >= 4 is 5.97 Å². The van der Waals surface area contributed by atoms with Crippen LogP contribution in [0.25, 0.3) is 0 Å². The minimum absolute atomic E-state index is 0.0239. The molecule has 0 amide bonds. The number of esters is 1. The number of hydrogen-bond donors (Lipinski definition) is 0. The fourth-order valence-electron chi connectivity index (χ4n) is 4.40. The summed E-state index contributed by atoms with van der Waals surface area (Å²) in [6.07, 6.45) is 7.66. The van der Waals surface area contributed by atoms with E-state index >= 15 is 0 Å². The second kappa shape index (κ2) is 10.5. The van der Waals surface area contributed by atoms with Gasteiger partial charge in [-0.25, -0.2) is 4.79 Å². The highest BCUT2D eigenvalue weighted by Crippen LogP contribution is 2.43. The maximum atomic E-state index is 12.6. The minimum Gasteiger partial charge on any atom is -0.459 e. The highest BCUT2D eigenvalue weighted by molar-refractivity contribution is 5.82. The van der Waals surface area contributed by atoms with E-state index in [4.69, 9.17) is 4.74 Å². The van der Waals surface area contributed by atoms with Gasteiger partial charge >= 0.3 is 5.97 Å². The Hall–Kier alpha value is -2.01. The number of hydrogen-bond acceptors (Lipinski definition) is 2. The van der Waals surface area contributed by atoms with Crippen LogP contribution in [0.2, 0.25) is 0 Å². The number of carbonyl (C=O) groups is 1. The van der Waals surface area contributed by atoms with E-state index in [0.29, 0.717) is 11.8 Å². The predicted octanol–water partition coefficient (Wildman–Crippen LogP) is 6.45. The standard InChI is InChI=1S/C26H36O2/c1-6-7-8-10-13-20(2)19-25(27)28-24-18-21(3)16-17-23(24)26(4,5)22-14-11-9-12-15-22/h9,11-12,14-15,19,21,23-24H,8,10,13,16-18H2,1-5H3/b20-19+/t21-,23-,24-/m1/s1. The molecule has 2 heteroatoms. The summed E-state index contributed by atoms with van der Waals surface area (Å²) in [6, 6.07) is 10.6. The zero-order valence-electron chi connectivity index (χ0n) is 18.3. The molecule has 0 radical (unpaired) electrons. The normalized spacial score (nSPS) is 22.9. The molecule has 1 aromatic rings. The molecular weight excluding hydrogens is 344 g/mol. The van der Waals surface area contributed by atoms with E-state index in [2.05, 4.69) is 62.9 Å². The van der Waals surface area contributed by atoms with Crippen LogP contribution >= 0.6 is 0 Å². The van der Waals surface area contributed by atoms with Crippen LogP contribution < -0.4 is 0 Å². The van der Waals surface area contributed by atoms with Crippen molar-refractivity contribution in [3.8, 4) is 11.8 Å². The lowest BCUT2D eigenvalue weighted by Gasteiger charge is -2.43. The lowest BCUT2D eigenvalue weighted by Crippen LogP contribution is -2.43. The van der Waals surface area contributed by atoms with Crippen LogP contribution in [0.15, 0.2) is 42.0 Å². The predicted molar refractivity (Wildman–Crippen MR) is 117 cm³/mol. The molecule has 0 spiro atoms. The topological polar surface area (TPSA) is 26.3 Å². The Labute approximate surface area is 171 Å². The lowest BCUT2D eigenvalue weighted by atomic mass is 9.64. The van der Waals surface area contributed by atoms with E-state index < -0.39 is 0 Å². The zero-order valence-corrected chi connectivity index (χ0v) is 18.3. The van der Waals surface area contributed by atoms with Crippen LogP contribution in [0.1, 0.15) is 78.7 Å². The first-order valence-electron chi connectivity index (χ1n) is 10.7. The molecule has 2 rings (SSSR count). The summed E-state index contributed by atoms with van der Waals surface area (Å²) in [6.45, 7) is 10.7. The fraction of sp³-hybridized carbons (Fsp3) is 0.577. The molecule has 0 heterocycles. The van der Waals surface area contributed by atoms with E-state index in [1.54, 1.807) is 6.08 Å². The average Bonchev–Trinajstić information content (AvgIpc) is 2.65. The van der Waals surface area contributed by atoms with Crippen molar-refractivity contribution in [2.75, 3.05) is 0 Å². The van der Waals surface area contributed by atoms with Crippen LogP contribution in [0.5, 0.6) is 0 Å². The Morgan fingerprint density at radius 1 is 1.25 bits per heavy atom. The summed E-state index contributed by atoms with van der Waals surface area (Å²) in [4.78, 5) is 12.6. The maximum absolute atomic E-state index is 12.6. The van der Waals surface area contributed by atoms with Crippen molar-refractivity contribution in [3.63, 3.8) is 0 Å². The molecule has 152 valence electrons. The van der Waals surface area contributed by atoms with E-state index in [9.17, 15) is 4.79 Å². The third kappa shape index (κ3) is 6.26. The van der Waals surface area contributed by atoms with Crippen molar-refractivity contribution < 1.29 is 9.53 Å². The zero-order chi connectivity index (χ0) is 20.6. The Bertz CT molecular complexity index is 718. The van der Waals surface area contributed by atoms with Gasteiger partial charge in [0, 0.05) is 18.4 Å². The molecule has 1 fully saturated rings. The van der Waals surface area contributed by atoms with Gasteiger partial charge in [0.1, 0.15) is 6.10 Å². The van der Waals surface area contributed by atoms with Crippen molar-refractivity contribution in [2.45, 2.75) is 84.7 Å². The smallest absolute Gasteiger partial charge is 0.330 e. The van der Waals surface area contributed by atoms with Crippen LogP contribution in [0.4, 0.5) is 0 Å². The Morgan fingerprint density at radius 3 is 2.64 bits per heavy atom. The van der Waals surface area contributed by atoms with Crippen molar-refractivity contribution in [2.24, 2.45) is 11.8 Å². The van der Waals surface area contributed by atoms with Gasteiger partial charge in [-0.2, -0.15) is 0 Å². The van der Waals surface area contributed by atoms with Gasteiger partial charge in [0.15, 0.2) is 0 Å². The fourth-order valence-corrected chi connectivity index (χ4v) is 4.40. The first kappa shape index (κ1) is 22.3. The van der Waals surface area contributed by atoms with Gasteiger partial charge in [0.2, 0.25) is 0 Å². The molecule has 0 aliphatic heterocycles. The maximum Gasteiger partial charge on any atom is 0.330 e. The molecule has 2 nitrogen and oxygen atoms in total. The summed E-state index contributed by atoms with van der Waals surface area (Å²) in [5.41, 5.74) is 2.37. The third-order valence-electron chi connectivity index (χ3n) is 6.18. The monoisotopic (exact) mass is 380 g/mol. The quantitative estimate of drug-likeness (QED) is 0.235. The number of allylic oxidation sites excluding steroid dienone is 1. The second-order valence-electron chi connectivity index (χ2n) is 8.86. The molecule has 1 aromatic carbocycles. The first-order chi connectivity index (χ1) is 13.3. The average molecular weight is 381 g/mol. The van der Waals surface area contributed by atoms with E-state index in [-0.39, 0.29) is 17.5 Å². The summed E-state index contributed by atoms with van der Waals surface area (Å²) in [5, 5.41) is 0. The first-order valence-corrected chi connectivity index (χ1v) is 10.7. The summed E-state index contributed by atoms with van der Waals surface area (Å²) in [5.74, 6) is 6.73. The molecule has 0 unspecified atom stereocenters. The molecule has 28 heavy (non-hydrogen) atoms. The highest BCUT2D eigenvalue weighted by Gasteiger charge is 2.41. The molecular formula is C26H36O2. The summed E-state index contributed by atoms with van der Waals surface area (Å²) >= 11 is 0. The van der Waals surface area contributed by atoms with Crippen molar-refractivity contribution in [1.82, 2.24) is 0 Å². The second-order valence-corrected chi connectivity index (χ2v) is 8.86. The Morgan fingerprint density at radius 2 is 1.96 bits per heavy atom. The van der Waals surface area contributed by atoms with Gasteiger partial charge in [-0.1, -0.05) is 63.1 Å². The van der Waals surface area contributed by atoms with Gasteiger partial charge < -0.3 is 4.74 Å². The van der Waals surface area contributed by atoms with E-state index in [1.165, 1.54) is 12.0 Å².